The van der Waals surface area contributed by atoms with E-state index in [0.717, 1.165) is 0 Å². The maximum atomic E-state index is 12.1. The van der Waals surface area contributed by atoms with Gasteiger partial charge in [0.2, 0.25) is 11.8 Å². The summed E-state index contributed by atoms with van der Waals surface area (Å²) >= 11 is 1.65. The van der Waals surface area contributed by atoms with Crippen molar-refractivity contribution < 1.29 is 9.59 Å². The number of carbonyl (C=O) groups excluding carboxylic acids is 2. The molecule has 1 aliphatic rings. The van der Waals surface area contributed by atoms with Crippen molar-refractivity contribution in [2.24, 2.45) is 5.92 Å². The Morgan fingerprint density at radius 1 is 1.60 bits per heavy atom. The molecular weight excluding hydrogens is 274 g/mol. The average Bonchev–Trinajstić information content (AvgIpc) is 3.00. The van der Waals surface area contributed by atoms with E-state index in [-0.39, 0.29) is 23.8 Å². The van der Waals surface area contributed by atoms with Crippen molar-refractivity contribution in [2.45, 2.75) is 12.5 Å². The van der Waals surface area contributed by atoms with Crippen LogP contribution < -0.4 is 5.32 Å². The lowest BCUT2D eigenvalue weighted by Crippen LogP contribution is -2.38. The number of amides is 2. The van der Waals surface area contributed by atoms with Gasteiger partial charge in [-0.15, -0.1) is 0 Å². The van der Waals surface area contributed by atoms with Gasteiger partial charge in [-0.2, -0.15) is 11.3 Å². The second-order valence-electron chi connectivity index (χ2n) is 5.46. The third kappa shape index (κ3) is 3.37. The molecular formula is C14H21N3O2S. The van der Waals surface area contributed by atoms with Gasteiger partial charge in [0.25, 0.3) is 0 Å². The predicted molar refractivity (Wildman–Crippen MR) is 79.5 cm³/mol. The zero-order valence-electron chi connectivity index (χ0n) is 12.1. The second-order valence-corrected chi connectivity index (χ2v) is 6.24. The van der Waals surface area contributed by atoms with Crippen LogP contribution in [-0.2, 0) is 9.59 Å². The fraction of sp³-hybridized carbons (Fsp3) is 0.571. The smallest absolute Gasteiger partial charge is 0.225 e. The van der Waals surface area contributed by atoms with Gasteiger partial charge < -0.3 is 15.1 Å². The van der Waals surface area contributed by atoms with Crippen LogP contribution in [0.4, 0.5) is 0 Å². The lowest BCUT2D eigenvalue weighted by Gasteiger charge is -2.24. The number of carbonyl (C=O) groups is 2. The molecule has 20 heavy (non-hydrogen) atoms. The van der Waals surface area contributed by atoms with Gasteiger partial charge in [-0.25, -0.2) is 0 Å². The Kier molecular flexibility index (Phi) is 4.77. The topological polar surface area (TPSA) is 52.7 Å². The van der Waals surface area contributed by atoms with E-state index in [0.29, 0.717) is 19.5 Å². The van der Waals surface area contributed by atoms with Gasteiger partial charge in [-0.3, -0.25) is 9.59 Å². The van der Waals surface area contributed by atoms with Gasteiger partial charge in [0.05, 0.1) is 12.0 Å². The highest BCUT2D eigenvalue weighted by Crippen LogP contribution is 2.21. The van der Waals surface area contributed by atoms with Crippen molar-refractivity contribution in [3.8, 4) is 0 Å². The summed E-state index contributed by atoms with van der Waals surface area (Å²) < 4.78 is 0. The van der Waals surface area contributed by atoms with E-state index < -0.39 is 0 Å². The van der Waals surface area contributed by atoms with Crippen molar-refractivity contribution in [1.29, 1.82) is 0 Å². The molecule has 1 N–H and O–H groups in total. The maximum absolute atomic E-state index is 12.1. The van der Waals surface area contributed by atoms with Crippen molar-refractivity contribution in [2.75, 3.05) is 34.2 Å². The Bertz CT molecular complexity index is 473. The first-order chi connectivity index (χ1) is 9.49. The zero-order valence-corrected chi connectivity index (χ0v) is 12.9. The molecule has 1 aromatic heterocycles. The maximum Gasteiger partial charge on any atom is 0.225 e. The van der Waals surface area contributed by atoms with Gasteiger partial charge in [0, 0.05) is 26.6 Å². The molecule has 1 saturated heterocycles. The van der Waals surface area contributed by atoms with E-state index in [1.807, 2.05) is 19.5 Å². The fourth-order valence-electron chi connectivity index (χ4n) is 2.44. The molecule has 1 aromatic rings. The minimum absolute atomic E-state index is 0.0234. The number of thiophene rings is 1. The van der Waals surface area contributed by atoms with Crippen LogP contribution in [0.2, 0.25) is 0 Å². The van der Waals surface area contributed by atoms with Crippen molar-refractivity contribution >= 4 is 23.2 Å². The van der Waals surface area contributed by atoms with Crippen LogP contribution in [0.25, 0.3) is 0 Å². The summed E-state index contributed by atoms with van der Waals surface area (Å²) in [5, 5.41) is 7.12. The van der Waals surface area contributed by atoms with Crippen molar-refractivity contribution in [1.82, 2.24) is 15.1 Å². The van der Waals surface area contributed by atoms with Gasteiger partial charge in [0.15, 0.2) is 0 Å². The van der Waals surface area contributed by atoms with E-state index in [1.54, 1.807) is 23.3 Å². The van der Waals surface area contributed by atoms with Gasteiger partial charge >= 0.3 is 0 Å². The number of likely N-dealkylation sites (N-methyl/N-ethyl adjacent to an activating group) is 1. The summed E-state index contributed by atoms with van der Waals surface area (Å²) in [5.74, 6) is -0.185. The first-order valence-corrected chi connectivity index (χ1v) is 7.63. The van der Waals surface area contributed by atoms with Gasteiger partial charge in [0.1, 0.15) is 0 Å². The molecule has 0 aromatic carbocycles. The minimum atomic E-state index is -0.210. The van der Waals surface area contributed by atoms with Crippen LogP contribution >= 0.6 is 11.3 Å². The van der Waals surface area contributed by atoms with Crippen LogP contribution in [0, 0.1) is 5.92 Å². The van der Waals surface area contributed by atoms with Crippen LogP contribution in [0.3, 0.4) is 0 Å². The molecule has 2 heterocycles. The zero-order chi connectivity index (χ0) is 14.7. The molecule has 110 valence electrons. The Hall–Kier alpha value is -1.40. The summed E-state index contributed by atoms with van der Waals surface area (Å²) in [6.45, 7) is 1.09. The van der Waals surface area contributed by atoms with Crippen molar-refractivity contribution in [3.63, 3.8) is 0 Å². The van der Waals surface area contributed by atoms with E-state index in [2.05, 4.69) is 21.7 Å². The monoisotopic (exact) mass is 295 g/mol. The number of hydrogen-bond donors (Lipinski definition) is 1. The first-order valence-electron chi connectivity index (χ1n) is 6.69. The van der Waals surface area contributed by atoms with Crippen LogP contribution in [0.15, 0.2) is 16.8 Å². The molecule has 0 unspecified atom stereocenters. The van der Waals surface area contributed by atoms with E-state index in [4.69, 9.17) is 0 Å². The number of rotatable bonds is 5. The molecule has 0 bridgehead atoms. The molecule has 0 spiro atoms. The Labute approximate surface area is 123 Å². The van der Waals surface area contributed by atoms with Crippen molar-refractivity contribution in [3.05, 3.63) is 22.4 Å². The number of hydrogen-bond acceptors (Lipinski definition) is 4. The lowest BCUT2D eigenvalue weighted by molar-refractivity contribution is -0.128. The molecule has 5 nitrogen and oxygen atoms in total. The van der Waals surface area contributed by atoms with E-state index in [9.17, 15) is 9.59 Å². The summed E-state index contributed by atoms with van der Waals surface area (Å²) in [5.41, 5.74) is 1.21. The molecule has 2 atom stereocenters. The normalized spacial score (nSPS) is 20.5. The Balaban J connectivity index is 1.90. The van der Waals surface area contributed by atoms with Crippen LogP contribution in [0.5, 0.6) is 0 Å². The molecule has 0 radical (unpaired) electrons. The summed E-state index contributed by atoms with van der Waals surface area (Å²) in [6.07, 6.45) is 0.327. The summed E-state index contributed by atoms with van der Waals surface area (Å²) in [4.78, 5) is 27.3. The molecule has 6 heteroatoms. The molecule has 0 saturated carbocycles. The lowest BCUT2D eigenvalue weighted by atomic mass is 10.1. The number of nitrogens with one attached hydrogen (secondary N) is 1. The van der Waals surface area contributed by atoms with Crippen LogP contribution in [0.1, 0.15) is 18.0 Å². The third-order valence-corrected chi connectivity index (χ3v) is 4.43. The highest BCUT2D eigenvalue weighted by molar-refractivity contribution is 7.07. The first kappa shape index (κ1) is 15.0. The van der Waals surface area contributed by atoms with Crippen LogP contribution in [-0.4, -0.2) is 55.8 Å². The minimum Gasteiger partial charge on any atom is -0.354 e. The SMILES string of the molecule is CN1C[C@@H](C(=O)NC[C@@H](c2ccsc2)N(C)C)CC1=O. The standard InChI is InChI=1S/C14H21N3O2S/c1-16(2)12(10-4-5-20-9-10)7-15-14(19)11-6-13(18)17(3)8-11/h4-5,9,11-12H,6-8H2,1-3H3,(H,15,19)/t11-,12-/m0/s1. The highest BCUT2D eigenvalue weighted by Gasteiger charge is 2.32. The Morgan fingerprint density at radius 2 is 2.35 bits per heavy atom. The van der Waals surface area contributed by atoms with E-state index in [1.165, 1.54) is 5.56 Å². The number of nitrogens with zero attached hydrogens (tertiary/aromatic N) is 2. The van der Waals surface area contributed by atoms with Gasteiger partial charge in [-0.1, -0.05) is 0 Å². The largest absolute Gasteiger partial charge is 0.354 e. The fourth-order valence-corrected chi connectivity index (χ4v) is 3.15. The van der Waals surface area contributed by atoms with Gasteiger partial charge in [-0.05, 0) is 36.5 Å². The molecule has 0 aliphatic carbocycles. The average molecular weight is 295 g/mol. The summed E-state index contributed by atoms with van der Waals surface area (Å²) in [7, 11) is 5.74. The Morgan fingerprint density at radius 3 is 2.85 bits per heavy atom. The highest BCUT2D eigenvalue weighted by atomic mass is 32.1. The second kappa shape index (κ2) is 6.37. The van der Waals surface area contributed by atoms with E-state index >= 15 is 0 Å². The number of likely N-dealkylation sites (tertiary alicyclic amines) is 1. The molecule has 2 rings (SSSR count). The predicted octanol–water partition coefficient (Wildman–Crippen LogP) is 0.945. The summed E-state index contributed by atoms with van der Waals surface area (Å²) in [6, 6.07) is 2.24. The molecule has 1 fully saturated rings. The third-order valence-electron chi connectivity index (χ3n) is 3.73. The quantitative estimate of drug-likeness (QED) is 0.880. The molecule has 1 aliphatic heterocycles. The molecule has 2 amide bonds.